The minimum atomic E-state index is -3.74. The smallest absolute Gasteiger partial charge is 0.338 e. The van der Waals surface area contributed by atoms with Gasteiger partial charge in [-0.2, -0.15) is 4.31 Å². The van der Waals surface area contributed by atoms with Crippen LogP contribution in [0.3, 0.4) is 0 Å². The minimum Gasteiger partial charge on any atom is -0.462 e. The predicted molar refractivity (Wildman–Crippen MR) is 109 cm³/mol. The molecular weight excluding hydrogens is 410 g/mol. The number of rotatable bonds is 7. The highest BCUT2D eigenvalue weighted by atomic mass is 32.2. The Labute approximate surface area is 177 Å². The van der Waals surface area contributed by atoms with Crippen LogP contribution in [-0.2, 0) is 29.1 Å². The molecule has 8 nitrogen and oxygen atoms in total. The Morgan fingerprint density at radius 3 is 2.10 bits per heavy atom. The summed E-state index contributed by atoms with van der Waals surface area (Å²) >= 11 is 0. The molecule has 1 aliphatic heterocycles. The van der Waals surface area contributed by atoms with E-state index in [0.29, 0.717) is 12.8 Å². The molecule has 1 fully saturated rings. The SMILES string of the molecule is CCOC(=O)c1ccc(S(=O)(=O)N2CCC(C(=O)OCC(=O)C(C)(C)C)CC2)cc1. The lowest BCUT2D eigenvalue weighted by Crippen LogP contribution is -2.41. The number of carbonyl (C=O) groups is 3. The third-order valence-electron chi connectivity index (χ3n) is 4.97. The van der Waals surface area contributed by atoms with Crippen LogP contribution in [0.25, 0.3) is 0 Å². The highest BCUT2D eigenvalue weighted by Gasteiger charge is 2.33. The molecule has 1 aliphatic rings. The Bertz CT molecular complexity index is 877. The van der Waals surface area contributed by atoms with Crippen LogP contribution in [0.5, 0.6) is 0 Å². The first-order valence-corrected chi connectivity index (χ1v) is 11.4. The summed E-state index contributed by atoms with van der Waals surface area (Å²) in [4.78, 5) is 35.9. The van der Waals surface area contributed by atoms with Gasteiger partial charge in [-0.3, -0.25) is 9.59 Å². The summed E-state index contributed by atoms with van der Waals surface area (Å²) in [6, 6.07) is 5.59. The van der Waals surface area contributed by atoms with Crippen molar-refractivity contribution in [2.24, 2.45) is 11.3 Å². The molecule has 166 valence electrons. The molecule has 9 heteroatoms. The summed E-state index contributed by atoms with van der Waals surface area (Å²) < 4.78 is 37.0. The molecule has 0 saturated carbocycles. The van der Waals surface area contributed by atoms with Crippen molar-refractivity contribution < 1.29 is 32.3 Å². The fraction of sp³-hybridized carbons (Fsp3) is 0.571. The average Bonchev–Trinajstić information content (AvgIpc) is 2.71. The van der Waals surface area contributed by atoms with Gasteiger partial charge in [-0.05, 0) is 44.0 Å². The van der Waals surface area contributed by atoms with Crippen molar-refractivity contribution in [1.29, 1.82) is 0 Å². The number of carbonyl (C=O) groups excluding carboxylic acids is 3. The average molecular weight is 440 g/mol. The lowest BCUT2D eigenvalue weighted by molar-refractivity contribution is -0.154. The van der Waals surface area contributed by atoms with E-state index in [1.807, 2.05) is 0 Å². The normalized spacial score (nSPS) is 16.1. The van der Waals surface area contributed by atoms with Gasteiger partial charge in [0.25, 0.3) is 0 Å². The first-order chi connectivity index (χ1) is 14.0. The van der Waals surface area contributed by atoms with Crippen molar-refractivity contribution >= 4 is 27.7 Å². The number of ether oxygens (including phenoxy) is 2. The second kappa shape index (κ2) is 9.70. The van der Waals surface area contributed by atoms with Gasteiger partial charge in [0.05, 0.1) is 23.0 Å². The van der Waals surface area contributed by atoms with Gasteiger partial charge < -0.3 is 9.47 Å². The molecule has 0 atom stereocenters. The number of benzene rings is 1. The number of piperidine rings is 1. The van der Waals surface area contributed by atoms with E-state index < -0.39 is 33.3 Å². The van der Waals surface area contributed by atoms with Crippen LogP contribution in [0.15, 0.2) is 29.2 Å². The van der Waals surface area contributed by atoms with Gasteiger partial charge in [-0.1, -0.05) is 20.8 Å². The Morgan fingerprint density at radius 1 is 1.03 bits per heavy atom. The second-order valence-corrected chi connectivity index (χ2v) is 10.1. The third-order valence-corrected chi connectivity index (χ3v) is 6.89. The molecule has 0 aromatic heterocycles. The van der Waals surface area contributed by atoms with Gasteiger partial charge in [0, 0.05) is 18.5 Å². The largest absolute Gasteiger partial charge is 0.462 e. The zero-order chi connectivity index (χ0) is 22.5. The van der Waals surface area contributed by atoms with Crippen LogP contribution in [0.1, 0.15) is 50.9 Å². The number of ketones is 1. The molecule has 0 aliphatic carbocycles. The van der Waals surface area contributed by atoms with E-state index in [1.165, 1.54) is 28.6 Å². The summed E-state index contributed by atoms with van der Waals surface area (Å²) in [6.45, 7) is 7.28. The van der Waals surface area contributed by atoms with Gasteiger partial charge in [0.15, 0.2) is 12.4 Å². The standard InChI is InChI=1S/C21H29NO7S/c1-5-28-19(24)15-6-8-17(9-7-15)30(26,27)22-12-10-16(11-13-22)20(25)29-14-18(23)21(2,3)4/h6-9,16H,5,10-14H2,1-4H3. The number of nitrogens with zero attached hydrogens (tertiary/aromatic N) is 1. The number of hydrogen-bond donors (Lipinski definition) is 0. The molecule has 1 saturated heterocycles. The van der Waals surface area contributed by atoms with Gasteiger partial charge in [-0.25, -0.2) is 13.2 Å². The first-order valence-electron chi connectivity index (χ1n) is 9.94. The number of hydrogen-bond acceptors (Lipinski definition) is 7. The lowest BCUT2D eigenvalue weighted by Gasteiger charge is -2.30. The number of sulfonamides is 1. The molecule has 0 unspecified atom stereocenters. The van der Waals surface area contributed by atoms with Crippen LogP contribution in [0, 0.1) is 11.3 Å². The maximum absolute atomic E-state index is 12.8. The van der Waals surface area contributed by atoms with Gasteiger partial charge >= 0.3 is 11.9 Å². The summed E-state index contributed by atoms with van der Waals surface area (Å²) in [5, 5.41) is 0. The highest BCUT2D eigenvalue weighted by molar-refractivity contribution is 7.89. The first kappa shape index (κ1) is 24.0. The Hall–Kier alpha value is -2.26. The van der Waals surface area contributed by atoms with Crippen molar-refractivity contribution in [3.8, 4) is 0 Å². The fourth-order valence-corrected chi connectivity index (χ4v) is 4.40. The fourth-order valence-electron chi connectivity index (χ4n) is 2.93. The highest BCUT2D eigenvalue weighted by Crippen LogP contribution is 2.25. The van der Waals surface area contributed by atoms with E-state index in [1.54, 1.807) is 27.7 Å². The molecule has 0 bridgehead atoms. The van der Waals surface area contributed by atoms with Crippen molar-refractivity contribution in [2.75, 3.05) is 26.3 Å². The van der Waals surface area contributed by atoms with E-state index in [4.69, 9.17) is 9.47 Å². The van der Waals surface area contributed by atoms with Gasteiger partial charge in [0.1, 0.15) is 0 Å². The molecule has 2 rings (SSSR count). The Balaban J connectivity index is 1.94. The molecule has 30 heavy (non-hydrogen) atoms. The molecule has 0 N–H and O–H groups in total. The topological polar surface area (TPSA) is 107 Å². The Kier molecular flexibility index (Phi) is 7.76. The lowest BCUT2D eigenvalue weighted by atomic mass is 9.91. The molecule has 1 aromatic rings. The van der Waals surface area contributed by atoms with Crippen LogP contribution in [-0.4, -0.2) is 56.7 Å². The molecular formula is C21H29NO7S. The summed E-state index contributed by atoms with van der Waals surface area (Å²) in [5.74, 6) is -1.58. The van der Waals surface area contributed by atoms with Crippen LogP contribution >= 0.6 is 0 Å². The zero-order valence-electron chi connectivity index (χ0n) is 17.8. The van der Waals surface area contributed by atoms with Gasteiger partial charge in [-0.15, -0.1) is 0 Å². The van der Waals surface area contributed by atoms with E-state index >= 15 is 0 Å². The van der Waals surface area contributed by atoms with Crippen LogP contribution in [0.2, 0.25) is 0 Å². The molecule has 1 aromatic carbocycles. The predicted octanol–water partition coefficient (Wildman–Crippen LogP) is 2.42. The van der Waals surface area contributed by atoms with E-state index in [2.05, 4.69) is 0 Å². The molecule has 0 spiro atoms. The third kappa shape index (κ3) is 5.89. The van der Waals surface area contributed by atoms with Crippen molar-refractivity contribution in [1.82, 2.24) is 4.31 Å². The van der Waals surface area contributed by atoms with Gasteiger partial charge in [0.2, 0.25) is 10.0 Å². The maximum atomic E-state index is 12.8. The van der Waals surface area contributed by atoms with Crippen molar-refractivity contribution in [3.05, 3.63) is 29.8 Å². The quantitative estimate of drug-likeness (QED) is 0.601. The molecule has 1 heterocycles. The van der Waals surface area contributed by atoms with Crippen molar-refractivity contribution in [3.63, 3.8) is 0 Å². The van der Waals surface area contributed by atoms with E-state index in [0.717, 1.165) is 0 Å². The maximum Gasteiger partial charge on any atom is 0.338 e. The van der Waals surface area contributed by atoms with E-state index in [9.17, 15) is 22.8 Å². The second-order valence-electron chi connectivity index (χ2n) is 8.20. The Morgan fingerprint density at radius 2 is 1.60 bits per heavy atom. The number of Topliss-reactive ketones (excluding diaryl/α,β-unsaturated/α-hetero) is 1. The summed E-state index contributed by atoms with van der Waals surface area (Å²) in [6.07, 6.45) is 0.644. The summed E-state index contributed by atoms with van der Waals surface area (Å²) in [7, 11) is -3.74. The minimum absolute atomic E-state index is 0.0762. The zero-order valence-corrected chi connectivity index (χ0v) is 18.7. The summed E-state index contributed by atoms with van der Waals surface area (Å²) in [5.41, 5.74) is -0.303. The van der Waals surface area contributed by atoms with Crippen LogP contribution in [0.4, 0.5) is 0 Å². The number of esters is 2. The molecule has 0 amide bonds. The van der Waals surface area contributed by atoms with Crippen molar-refractivity contribution in [2.45, 2.75) is 45.4 Å². The van der Waals surface area contributed by atoms with E-state index in [-0.39, 0.29) is 42.5 Å². The monoisotopic (exact) mass is 439 g/mol. The van der Waals surface area contributed by atoms with Crippen LogP contribution < -0.4 is 0 Å². The molecule has 0 radical (unpaired) electrons.